The van der Waals surface area contributed by atoms with Crippen LogP contribution in [0.2, 0.25) is 0 Å². The van der Waals surface area contributed by atoms with Gasteiger partial charge in [-0.05, 0) is 18.4 Å². The quantitative estimate of drug-likeness (QED) is 0.779. The number of ether oxygens (including phenoxy) is 2. The van der Waals surface area contributed by atoms with Gasteiger partial charge in [-0.15, -0.1) is 0 Å². The predicted molar refractivity (Wildman–Crippen MR) is 90.3 cm³/mol. The van der Waals surface area contributed by atoms with E-state index in [2.05, 4.69) is 5.32 Å². The molecule has 2 rings (SSSR count). The molecular weight excluding hydrogens is 308 g/mol. The van der Waals surface area contributed by atoms with Crippen LogP contribution in [-0.2, 0) is 25.7 Å². The number of hydrogen-bond acceptors (Lipinski definition) is 4. The monoisotopic (exact) mass is 334 g/mol. The molecule has 0 saturated carbocycles. The highest BCUT2D eigenvalue weighted by atomic mass is 16.5. The maximum atomic E-state index is 11.8. The summed E-state index contributed by atoms with van der Waals surface area (Å²) in [6, 6.07) is 9.93. The largest absolute Gasteiger partial charge is 0.381 e. The summed E-state index contributed by atoms with van der Waals surface area (Å²) in [6.07, 6.45) is 1.71. The number of amides is 2. The zero-order chi connectivity index (χ0) is 17.2. The van der Waals surface area contributed by atoms with Gasteiger partial charge in [-0.2, -0.15) is 0 Å². The average molecular weight is 334 g/mol. The van der Waals surface area contributed by atoms with Gasteiger partial charge in [0, 0.05) is 39.3 Å². The van der Waals surface area contributed by atoms with E-state index in [9.17, 15) is 9.59 Å². The lowest BCUT2D eigenvalue weighted by Gasteiger charge is -2.33. The minimum Gasteiger partial charge on any atom is -0.381 e. The van der Waals surface area contributed by atoms with Crippen LogP contribution < -0.4 is 5.32 Å². The molecule has 0 aliphatic carbocycles. The number of nitrogens with one attached hydrogen (secondary N) is 1. The first-order valence-corrected chi connectivity index (χ1v) is 8.40. The van der Waals surface area contributed by atoms with E-state index >= 15 is 0 Å². The molecule has 1 aliphatic rings. The molecular formula is C18H26N2O4. The molecule has 1 aromatic rings. The fraction of sp³-hybridized carbons (Fsp3) is 0.556. The van der Waals surface area contributed by atoms with E-state index in [0.29, 0.717) is 32.9 Å². The minimum atomic E-state index is -0.165. The Bertz CT molecular complexity index is 515. The molecule has 0 bridgehead atoms. The molecule has 1 aliphatic heterocycles. The van der Waals surface area contributed by atoms with Crippen LogP contribution in [0.1, 0.15) is 25.3 Å². The molecule has 6 nitrogen and oxygen atoms in total. The van der Waals surface area contributed by atoms with E-state index in [-0.39, 0.29) is 24.5 Å². The lowest BCUT2D eigenvalue weighted by atomic mass is 10.1. The lowest BCUT2D eigenvalue weighted by Crippen LogP contribution is -2.46. The predicted octanol–water partition coefficient (Wildman–Crippen LogP) is 1.35. The number of carbonyl (C=O) groups excluding carboxylic acids is 2. The third kappa shape index (κ3) is 6.29. The minimum absolute atomic E-state index is 0.0201. The third-order valence-electron chi connectivity index (χ3n) is 4.06. The molecule has 0 unspecified atom stereocenters. The van der Waals surface area contributed by atoms with Gasteiger partial charge < -0.3 is 19.7 Å². The second-order valence-electron chi connectivity index (χ2n) is 5.88. The van der Waals surface area contributed by atoms with Gasteiger partial charge >= 0.3 is 0 Å². The molecule has 24 heavy (non-hydrogen) atoms. The van der Waals surface area contributed by atoms with E-state index < -0.39 is 0 Å². The van der Waals surface area contributed by atoms with Gasteiger partial charge in [0.15, 0.2) is 0 Å². The summed E-state index contributed by atoms with van der Waals surface area (Å²) < 4.78 is 10.7. The van der Waals surface area contributed by atoms with Crippen LogP contribution in [0.15, 0.2) is 30.3 Å². The molecule has 0 radical (unpaired) electrons. The number of rotatable bonds is 8. The van der Waals surface area contributed by atoms with Crippen molar-refractivity contribution in [3.8, 4) is 0 Å². The zero-order valence-electron chi connectivity index (χ0n) is 14.2. The van der Waals surface area contributed by atoms with Crippen LogP contribution in [0.5, 0.6) is 0 Å². The van der Waals surface area contributed by atoms with Crippen LogP contribution in [0.4, 0.5) is 0 Å². The van der Waals surface area contributed by atoms with Gasteiger partial charge in [-0.1, -0.05) is 30.3 Å². The third-order valence-corrected chi connectivity index (χ3v) is 4.06. The highest BCUT2D eigenvalue weighted by Gasteiger charge is 2.23. The summed E-state index contributed by atoms with van der Waals surface area (Å²) >= 11 is 0. The van der Waals surface area contributed by atoms with Gasteiger partial charge in [0.2, 0.25) is 11.8 Å². The molecule has 1 N–H and O–H groups in total. The maximum absolute atomic E-state index is 11.8. The summed E-state index contributed by atoms with van der Waals surface area (Å²) in [7, 11) is 0. The summed E-state index contributed by atoms with van der Waals surface area (Å²) in [5.41, 5.74) is 1.03. The smallest absolute Gasteiger partial charge is 0.246 e. The highest BCUT2D eigenvalue weighted by Crippen LogP contribution is 2.14. The van der Waals surface area contributed by atoms with Crippen LogP contribution in [0.25, 0.3) is 0 Å². The zero-order valence-corrected chi connectivity index (χ0v) is 14.2. The maximum Gasteiger partial charge on any atom is 0.246 e. The standard InChI is InChI=1S/C18H26N2O4/c1-15(21)20(17-7-11-23-12-8-17)10-9-19-18(22)14-24-13-16-5-3-2-4-6-16/h2-6,17H,7-14H2,1H3,(H,19,22). The number of nitrogens with zero attached hydrogens (tertiary/aromatic N) is 1. The van der Waals surface area contributed by atoms with Crippen molar-refractivity contribution in [3.05, 3.63) is 35.9 Å². The van der Waals surface area contributed by atoms with Gasteiger partial charge in [-0.25, -0.2) is 0 Å². The van der Waals surface area contributed by atoms with Gasteiger partial charge in [0.05, 0.1) is 6.61 Å². The van der Waals surface area contributed by atoms with E-state index in [1.807, 2.05) is 35.2 Å². The van der Waals surface area contributed by atoms with Crippen LogP contribution in [0.3, 0.4) is 0 Å². The molecule has 1 fully saturated rings. The van der Waals surface area contributed by atoms with Gasteiger partial charge in [-0.3, -0.25) is 9.59 Å². The fourth-order valence-electron chi connectivity index (χ4n) is 2.80. The van der Waals surface area contributed by atoms with E-state index in [4.69, 9.17) is 9.47 Å². The molecule has 1 heterocycles. The van der Waals surface area contributed by atoms with Crippen molar-refractivity contribution in [1.29, 1.82) is 0 Å². The topological polar surface area (TPSA) is 67.9 Å². The summed E-state index contributed by atoms with van der Waals surface area (Å²) in [6.45, 7) is 4.33. The number of carbonyl (C=O) groups is 2. The van der Waals surface area contributed by atoms with Crippen molar-refractivity contribution in [2.45, 2.75) is 32.4 Å². The van der Waals surface area contributed by atoms with Crippen molar-refractivity contribution in [2.24, 2.45) is 0 Å². The van der Waals surface area contributed by atoms with Crippen molar-refractivity contribution in [1.82, 2.24) is 10.2 Å². The molecule has 132 valence electrons. The Morgan fingerprint density at radius 3 is 2.62 bits per heavy atom. The number of hydrogen-bond donors (Lipinski definition) is 1. The van der Waals surface area contributed by atoms with Gasteiger partial charge in [0.1, 0.15) is 6.61 Å². The van der Waals surface area contributed by atoms with Crippen LogP contribution >= 0.6 is 0 Å². The normalized spacial score (nSPS) is 15.0. The summed E-state index contributed by atoms with van der Waals surface area (Å²) in [5.74, 6) is -0.127. The number of benzene rings is 1. The molecule has 2 amide bonds. The van der Waals surface area contributed by atoms with Crippen LogP contribution in [0, 0.1) is 0 Å². The second-order valence-corrected chi connectivity index (χ2v) is 5.88. The Kier molecular flexibility index (Phi) is 7.71. The van der Waals surface area contributed by atoms with E-state index in [1.165, 1.54) is 0 Å². The SMILES string of the molecule is CC(=O)N(CCNC(=O)COCc1ccccc1)C1CCOCC1. The summed E-state index contributed by atoms with van der Waals surface area (Å²) in [5, 5.41) is 2.80. The Balaban J connectivity index is 1.64. The van der Waals surface area contributed by atoms with E-state index in [1.54, 1.807) is 6.92 Å². The second kappa shape index (κ2) is 10.1. The van der Waals surface area contributed by atoms with Crippen molar-refractivity contribution >= 4 is 11.8 Å². The Labute approximate surface area is 143 Å². The van der Waals surface area contributed by atoms with Crippen molar-refractivity contribution in [2.75, 3.05) is 32.9 Å². The Morgan fingerprint density at radius 2 is 1.96 bits per heavy atom. The molecule has 0 aromatic heterocycles. The molecule has 1 aromatic carbocycles. The molecule has 0 atom stereocenters. The molecule has 6 heteroatoms. The van der Waals surface area contributed by atoms with Crippen molar-refractivity contribution < 1.29 is 19.1 Å². The lowest BCUT2D eigenvalue weighted by molar-refractivity contribution is -0.134. The van der Waals surface area contributed by atoms with E-state index in [0.717, 1.165) is 18.4 Å². The Hall–Kier alpha value is -1.92. The average Bonchev–Trinajstić information content (AvgIpc) is 2.60. The van der Waals surface area contributed by atoms with Crippen LogP contribution in [-0.4, -0.2) is 55.7 Å². The van der Waals surface area contributed by atoms with Gasteiger partial charge in [0.25, 0.3) is 0 Å². The first-order valence-electron chi connectivity index (χ1n) is 8.40. The first-order chi connectivity index (χ1) is 11.7. The summed E-state index contributed by atoms with van der Waals surface area (Å²) in [4.78, 5) is 25.4. The highest BCUT2D eigenvalue weighted by molar-refractivity contribution is 5.77. The molecule has 0 spiro atoms. The fourth-order valence-corrected chi connectivity index (χ4v) is 2.80. The first kappa shape index (κ1) is 18.4. The van der Waals surface area contributed by atoms with Crippen molar-refractivity contribution in [3.63, 3.8) is 0 Å². The Morgan fingerprint density at radius 1 is 1.25 bits per heavy atom. The molecule has 1 saturated heterocycles.